The minimum atomic E-state index is -4.01. The highest BCUT2D eigenvalue weighted by atomic mass is 79.9. The molecule has 0 aliphatic carbocycles. The lowest BCUT2D eigenvalue weighted by Crippen LogP contribution is -2.53. The molecule has 0 amide bonds. The van der Waals surface area contributed by atoms with Crippen molar-refractivity contribution in [3.05, 3.63) is 65.7 Å². The molecule has 30 heavy (non-hydrogen) atoms. The Morgan fingerprint density at radius 1 is 1.07 bits per heavy atom. The Labute approximate surface area is 186 Å². The zero-order chi connectivity index (χ0) is 22.0. The first kappa shape index (κ1) is 22.7. The Morgan fingerprint density at radius 2 is 1.57 bits per heavy atom. The highest BCUT2D eigenvalue weighted by molar-refractivity contribution is 9.10. The van der Waals surface area contributed by atoms with Gasteiger partial charge in [-0.1, -0.05) is 46.8 Å². The third-order valence-corrected chi connectivity index (χ3v) is 8.40. The number of benzene rings is 2. The fourth-order valence-electron chi connectivity index (χ4n) is 3.35. The van der Waals surface area contributed by atoms with E-state index in [2.05, 4.69) is 22.5 Å². The fourth-order valence-corrected chi connectivity index (χ4v) is 5.53. The standard InChI is InChI=1S/C23H25BrO5S/c1-4-22(2,3)29-21(25)23(13-15-28-16-14-23)30(26,27)20-11-7-18(8-12-20)17-5-9-19(24)10-6-17/h4-12H,1,13-16H2,2-3H3. The van der Waals surface area contributed by atoms with E-state index in [4.69, 9.17) is 9.47 Å². The van der Waals surface area contributed by atoms with Gasteiger partial charge >= 0.3 is 5.97 Å². The number of esters is 1. The van der Waals surface area contributed by atoms with E-state index < -0.39 is 26.2 Å². The number of carbonyl (C=O) groups is 1. The van der Waals surface area contributed by atoms with Crippen LogP contribution in [0.3, 0.4) is 0 Å². The quantitative estimate of drug-likeness (QED) is 0.421. The molecular formula is C23H25BrO5S. The molecule has 1 saturated heterocycles. The summed E-state index contributed by atoms with van der Waals surface area (Å²) >= 11 is 3.41. The lowest BCUT2D eigenvalue weighted by Gasteiger charge is -2.36. The number of hydrogen-bond acceptors (Lipinski definition) is 5. The zero-order valence-corrected chi connectivity index (χ0v) is 19.5. The SMILES string of the molecule is C=CC(C)(C)OC(=O)C1(S(=O)(=O)c2ccc(-c3ccc(Br)cc3)cc2)CCOCC1. The van der Waals surface area contributed by atoms with Crippen molar-refractivity contribution in [3.63, 3.8) is 0 Å². The summed E-state index contributed by atoms with van der Waals surface area (Å²) in [6.07, 6.45) is 1.59. The monoisotopic (exact) mass is 492 g/mol. The van der Waals surface area contributed by atoms with Gasteiger partial charge in [0, 0.05) is 30.5 Å². The van der Waals surface area contributed by atoms with Crippen LogP contribution in [0.1, 0.15) is 26.7 Å². The van der Waals surface area contributed by atoms with Gasteiger partial charge in [-0.05, 0) is 55.3 Å². The largest absolute Gasteiger partial charge is 0.454 e. The lowest BCUT2D eigenvalue weighted by atomic mass is 9.98. The van der Waals surface area contributed by atoms with Crippen LogP contribution in [-0.4, -0.2) is 37.9 Å². The first-order valence-electron chi connectivity index (χ1n) is 9.67. The molecule has 0 atom stereocenters. The van der Waals surface area contributed by atoms with E-state index in [1.807, 2.05) is 24.3 Å². The van der Waals surface area contributed by atoms with E-state index in [-0.39, 0.29) is 31.0 Å². The van der Waals surface area contributed by atoms with E-state index in [0.717, 1.165) is 15.6 Å². The van der Waals surface area contributed by atoms with Crippen LogP contribution in [0.15, 0.2) is 70.6 Å². The van der Waals surface area contributed by atoms with Crippen molar-refractivity contribution < 1.29 is 22.7 Å². The predicted octanol–water partition coefficient (Wildman–Crippen LogP) is 4.95. The van der Waals surface area contributed by atoms with E-state index in [1.54, 1.807) is 38.1 Å². The van der Waals surface area contributed by atoms with Gasteiger partial charge in [0.1, 0.15) is 5.60 Å². The van der Waals surface area contributed by atoms with E-state index >= 15 is 0 Å². The third kappa shape index (κ3) is 4.38. The van der Waals surface area contributed by atoms with Crippen molar-refractivity contribution in [3.8, 4) is 11.1 Å². The Morgan fingerprint density at radius 3 is 2.07 bits per heavy atom. The first-order chi connectivity index (χ1) is 14.1. The molecule has 7 heteroatoms. The van der Waals surface area contributed by atoms with Gasteiger partial charge < -0.3 is 9.47 Å². The molecule has 5 nitrogen and oxygen atoms in total. The second kappa shape index (κ2) is 8.65. The van der Waals surface area contributed by atoms with Gasteiger partial charge in [0.2, 0.25) is 0 Å². The van der Waals surface area contributed by atoms with Gasteiger partial charge in [0.05, 0.1) is 4.90 Å². The fraction of sp³-hybridized carbons (Fsp3) is 0.348. The lowest BCUT2D eigenvalue weighted by molar-refractivity contribution is -0.158. The van der Waals surface area contributed by atoms with Crippen LogP contribution in [0, 0.1) is 0 Å². The van der Waals surface area contributed by atoms with Crippen LogP contribution in [0.5, 0.6) is 0 Å². The number of ether oxygens (including phenoxy) is 2. The molecule has 3 rings (SSSR count). The molecule has 0 spiro atoms. The average molecular weight is 493 g/mol. The van der Waals surface area contributed by atoms with E-state index in [1.165, 1.54) is 6.08 Å². The predicted molar refractivity (Wildman–Crippen MR) is 120 cm³/mol. The van der Waals surface area contributed by atoms with Gasteiger partial charge in [-0.3, -0.25) is 4.79 Å². The van der Waals surface area contributed by atoms with Gasteiger partial charge in [-0.2, -0.15) is 0 Å². The molecule has 0 bridgehead atoms. The number of halogens is 1. The van der Waals surface area contributed by atoms with Crippen LogP contribution < -0.4 is 0 Å². The normalized spacial score (nSPS) is 16.6. The van der Waals surface area contributed by atoms with Gasteiger partial charge in [0.25, 0.3) is 0 Å². The Hall–Kier alpha value is -1.96. The van der Waals surface area contributed by atoms with Crippen molar-refractivity contribution in [2.75, 3.05) is 13.2 Å². The van der Waals surface area contributed by atoms with Gasteiger partial charge in [-0.15, -0.1) is 0 Å². The molecule has 2 aromatic carbocycles. The second-order valence-electron chi connectivity index (χ2n) is 7.84. The summed E-state index contributed by atoms with van der Waals surface area (Å²) in [5.74, 6) is -0.757. The van der Waals surface area contributed by atoms with Crippen molar-refractivity contribution >= 4 is 31.7 Å². The minimum absolute atomic E-state index is 0.0514. The first-order valence-corrected chi connectivity index (χ1v) is 11.9. The number of hydrogen-bond donors (Lipinski definition) is 0. The van der Waals surface area contributed by atoms with Crippen LogP contribution in [0.25, 0.3) is 11.1 Å². The molecule has 0 aromatic heterocycles. The minimum Gasteiger partial charge on any atom is -0.454 e. The Balaban J connectivity index is 1.98. The summed E-state index contributed by atoms with van der Waals surface area (Å²) in [6, 6.07) is 14.4. The molecule has 1 heterocycles. The van der Waals surface area contributed by atoms with E-state index in [0.29, 0.717) is 0 Å². The van der Waals surface area contributed by atoms with Crippen LogP contribution in [-0.2, 0) is 24.1 Å². The summed E-state index contributed by atoms with van der Waals surface area (Å²) < 4.78 is 37.4. The van der Waals surface area contributed by atoms with Gasteiger partial charge in [0.15, 0.2) is 14.6 Å². The molecule has 1 aliphatic heterocycles. The highest BCUT2D eigenvalue weighted by Gasteiger charge is 2.54. The van der Waals surface area contributed by atoms with Crippen molar-refractivity contribution in [1.82, 2.24) is 0 Å². The van der Waals surface area contributed by atoms with Crippen molar-refractivity contribution in [2.45, 2.75) is 41.9 Å². The molecular weight excluding hydrogens is 468 g/mol. The molecule has 0 N–H and O–H groups in total. The number of carbonyl (C=O) groups excluding carboxylic acids is 1. The Bertz CT molecular complexity index is 1020. The molecule has 0 radical (unpaired) electrons. The smallest absolute Gasteiger partial charge is 0.328 e. The molecule has 160 valence electrons. The highest BCUT2D eigenvalue weighted by Crippen LogP contribution is 2.38. The van der Waals surface area contributed by atoms with Crippen molar-refractivity contribution in [1.29, 1.82) is 0 Å². The third-order valence-electron chi connectivity index (χ3n) is 5.38. The maximum Gasteiger partial charge on any atom is 0.328 e. The van der Waals surface area contributed by atoms with Crippen LogP contribution >= 0.6 is 15.9 Å². The molecule has 1 aliphatic rings. The summed E-state index contributed by atoms with van der Waals surface area (Å²) in [7, 11) is -4.01. The molecule has 0 saturated carbocycles. The maximum atomic E-state index is 13.6. The summed E-state index contributed by atoms with van der Waals surface area (Å²) in [4.78, 5) is 13.2. The Kier molecular flexibility index (Phi) is 6.55. The average Bonchev–Trinajstić information content (AvgIpc) is 2.74. The summed E-state index contributed by atoms with van der Waals surface area (Å²) in [5.41, 5.74) is 0.886. The molecule has 0 unspecified atom stereocenters. The van der Waals surface area contributed by atoms with Crippen molar-refractivity contribution in [2.24, 2.45) is 0 Å². The number of sulfone groups is 1. The molecule has 2 aromatic rings. The summed E-state index contributed by atoms with van der Waals surface area (Å²) in [6.45, 7) is 7.37. The zero-order valence-electron chi connectivity index (χ0n) is 17.1. The van der Waals surface area contributed by atoms with Crippen LogP contribution in [0.4, 0.5) is 0 Å². The maximum absolute atomic E-state index is 13.6. The van der Waals surface area contributed by atoms with Crippen LogP contribution in [0.2, 0.25) is 0 Å². The molecule has 1 fully saturated rings. The van der Waals surface area contributed by atoms with Gasteiger partial charge in [-0.25, -0.2) is 8.42 Å². The number of rotatable bonds is 6. The topological polar surface area (TPSA) is 69.7 Å². The second-order valence-corrected chi connectivity index (χ2v) is 11.0. The summed E-state index contributed by atoms with van der Waals surface area (Å²) in [5, 5.41) is 0. The van der Waals surface area contributed by atoms with E-state index in [9.17, 15) is 13.2 Å².